The number of methoxy groups -OCH3 is 2. The van der Waals surface area contributed by atoms with Gasteiger partial charge in [0.25, 0.3) is 0 Å². The second kappa shape index (κ2) is 9.95. The molecule has 6 atom stereocenters. The molecule has 0 bridgehead atoms. The molecule has 1 fully saturated rings. The van der Waals surface area contributed by atoms with Crippen LogP contribution >= 0.6 is 0 Å². The fourth-order valence-corrected chi connectivity index (χ4v) is 4.23. The van der Waals surface area contributed by atoms with Crippen molar-refractivity contribution in [1.29, 1.82) is 0 Å². The third kappa shape index (κ3) is 4.29. The summed E-state index contributed by atoms with van der Waals surface area (Å²) in [6.45, 7) is 7.88. The van der Waals surface area contributed by atoms with E-state index in [2.05, 4.69) is 13.2 Å². The Kier molecular flexibility index (Phi) is 7.33. The monoisotopic (exact) mass is 420 g/mol. The molecular weight excluding hydrogens is 392 g/mol. The topological polar surface area (TPSA) is 89.5 Å². The van der Waals surface area contributed by atoms with Gasteiger partial charge in [0.2, 0.25) is 12.6 Å². The first kappa shape index (κ1) is 22.1. The van der Waals surface area contributed by atoms with E-state index >= 15 is 0 Å². The van der Waals surface area contributed by atoms with Gasteiger partial charge in [-0.2, -0.15) is 0 Å². The third-order valence-corrected chi connectivity index (χ3v) is 5.82. The molecule has 0 saturated carbocycles. The second-order valence-corrected chi connectivity index (χ2v) is 7.32. The van der Waals surface area contributed by atoms with Crippen LogP contribution in [0.5, 0.6) is 0 Å². The number of esters is 2. The Bertz CT molecular complexity index is 677. The Labute approximate surface area is 176 Å². The highest BCUT2D eigenvalue weighted by Crippen LogP contribution is 2.38. The van der Waals surface area contributed by atoms with Crippen molar-refractivity contribution in [2.45, 2.75) is 25.4 Å². The average molecular weight is 420 g/mol. The van der Waals surface area contributed by atoms with Crippen LogP contribution in [0.1, 0.15) is 12.8 Å². The van der Waals surface area contributed by atoms with Crippen molar-refractivity contribution in [2.75, 3.05) is 27.4 Å². The van der Waals surface area contributed by atoms with Crippen LogP contribution in [-0.4, -0.2) is 52.0 Å². The molecule has 0 aromatic heterocycles. The van der Waals surface area contributed by atoms with Crippen LogP contribution < -0.4 is 0 Å². The van der Waals surface area contributed by atoms with Crippen LogP contribution in [0.3, 0.4) is 0 Å². The normalized spacial score (nSPS) is 34.6. The van der Waals surface area contributed by atoms with Gasteiger partial charge >= 0.3 is 11.9 Å². The highest BCUT2D eigenvalue weighted by atomic mass is 16.7. The lowest BCUT2D eigenvalue weighted by molar-refractivity contribution is -0.155. The molecule has 0 amide bonds. The number of hydrogen-bond acceptors (Lipinski definition) is 8. The third-order valence-electron chi connectivity index (χ3n) is 5.82. The highest BCUT2D eigenvalue weighted by Gasteiger charge is 2.41. The van der Waals surface area contributed by atoms with Gasteiger partial charge in [0, 0.05) is 37.9 Å². The number of ether oxygens (including phenoxy) is 6. The molecule has 0 aliphatic carbocycles. The molecule has 30 heavy (non-hydrogen) atoms. The van der Waals surface area contributed by atoms with Crippen LogP contribution in [-0.2, 0) is 38.0 Å². The zero-order valence-corrected chi connectivity index (χ0v) is 17.3. The van der Waals surface area contributed by atoms with Gasteiger partial charge in [0.15, 0.2) is 0 Å². The SMILES string of the molecule is C=C[C@H]1[C@@H](OC)OC=C2C(=O)OCC[C@@H]3C(=CO[C@H](OC)[C@@H]3C=C)C(=O)OCC[C@H]21. The molecule has 0 radical (unpaired) electrons. The summed E-state index contributed by atoms with van der Waals surface area (Å²) in [6.07, 6.45) is 5.73. The maximum atomic E-state index is 12.8. The standard InChI is InChI=1S/C22H28O8/c1-5-13-15-7-9-27-20(24)18-12-30-22(26-4)14(6-2)16(18)8-10-28-19(23)17(15)11-29-21(13)25-3/h5-6,11-16,21-22H,1-2,7-10H2,3-4H3/t13-,14-,15+,16+,21+,22+/m1/s1. The van der Waals surface area contributed by atoms with E-state index in [9.17, 15) is 9.59 Å². The number of carbonyl (C=O) groups is 2. The first-order valence-corrected chi connectivity index (χ1v) is 9.91. The van der Waals surface area contributed by atoms with Crippen LogP contribution in [0, 0.1) is 23.7 Å². The molecular formula is C22H28O8. The summed E-state index contributed by atoms with van der Waals surface area (Å²) in [6, 6.07) is 0. The molecule has 0 aromatic carbocycles. The molecule has 8 nitrogen and oxygen atoms in total. The Hall–Kier alpha value is -2.58. The Morgan fingerprint density at radius 1 is 0.833 bits per heavy atom. The van der Waals surface area contributed by atoms with Gasteiger partial charge in [-0.25, -0.2) is 9.59 Å². The minimum Gasteiger partial charge on any atom is -0.471 e. The van der Waals surface area contributed by atoms with E-state index < -0.39 is 24.5 Å². The van der Waals surface area contributed by atoms with Gasteiger partial charge in [-0.05, 0) is 12.8 Å². The van der Waals surface area contributed by atoms with Gasteiger partial charge < -0.3 is 28.4 Å². The zero-order chi connectivity index (χ0) is 21.7. The summed E-state index contributed by atoms with van der Waals surface area (Å²) < 4.78 is 32.8. The zero-order valence-electron chi connectivity index (χ0n) is 17.3. The van der Waals surface area contributed by atoms with E-state index in [-0.39, 0.29) is 36.9 Å². The summed E-state index contributed by atoms with van der Waals surface area (Å²) in [5, 5.41) is 0. The smallest absolute Gasteiger partial charge is 0.337 e. The van der Waals surface area contributed by atoms with Gasteiger partial charge in [-0.1, -0.05) is 12.2 Å². The summed E-state index contributed by atoms with van der Waals surface area (Å²) in [7, 11) is 3.04. The molecule has 0 unspecified atom stereocenters. The van der Waals surface area contributed by atoms with E-state index in [4.69, 9.17) is 28.4 Å². The molecule has 8 heteroatoms. The minimum atomic E-state index is -0.578. The number of fused-ring (bicyclic) bond motifs is 2. The quantitative estimate of drug-likeness (QED) is 0.506. The lowest BCUT2D eigenvalue weighted by atomic mass is 9.81. The predicted molar refractivity (Wildman–Crippen MR) is 105 cm³/mol. The molecule has 164 valence electrons. The van der Waals surface area contributed by atoms with Crippen LogP contribution in [0.25, 0.3) is 0 Å². The van der Waals surface area contributed by atoms with Gasteiger partial charge in [0.1, 0.15) is 0 Å². The van der Waals surface area contributed by atoms with E-state index in [0.29, 0.717) is 24.0 Å². The van der Waals surface area contributed by atoms with Gasteiger partial charge in [-0.15, -0.1) is 13.2 Å². The van der Waals surface area contributed by atoms with E-state index in [1.165, 1.54) is 26.7 Å². The van der Waals surface area contributed by atoms with Crippen molar-refractivity contribution >= 4 is 11.9 Å². The first-order chi connectivity index (χ1) is 14.5. The number of carbonyl (C=O) groups excluding carboxylic acids is 2. The van der Waals surface area contributed by atoms with Crippen molar-refractivity contribution in [1.82, 2.24) is 0 Å². The van der Waals surface area contributed by atoms with Crippen molar-refractivity contribution < 1.29 is 38.0 Å². The Balaban J connectivity index is 1.86. The van der Waals surface area contributed by atoms with Gasteiger partial charge in [-0.3, -0.25) is 0 Å². The summed E-state index contributed by atoms with van der Waals surface area (Å²) >= 11 is 0. The lowest BCUT2D eigenvalue weighted by Crippen LogP contribution is -2.39. The highest BCUT2D eigenvalue weighted by molar-refractivity contribution is 5.90. The minimum absolute atomic E-state index is 0.103. The van der Waals surface area contributed by atoms with Gasteiger partial charge in [0.05, 0.1) is 36.9 Å². The summed E-state index contributed by atoms with van der Waals surface area (Å²) in [5.74, 6) is -2.14. The summed E-state index contributed by atoms with van der Waals surface area (Å²) in [4.78, 5) is 25.6. The van der Waals surface area contributed by atoms with E-state index in [1.54, 1.807) is 12.2 Å². The summed E-state index contributed by atoms with van der Waals surface area (Å²) in [5.41, 5.74) is 0.755. The van der Waals surface area contributed by atoms with Crippen LogP contribution in [0.2, 0.25) is 0 Å². The van der Waals surface area contributed by atoms with Crippen molar-refractivity contribution in [3.63, 3.8) is 0 Å². The molecule has 3 heterocycles. The lowest BCUT2D eigenvalue weighted by Gasteiger charge is -2.36. The maximum Gasteiger partial charge on any atom is 0.337 e. The molecule has 0 spiro atoms. The maximum absolute atomic E-state index is 12.8. The Morgan fingerprint density at radius 2 is 1.23 bits per heavy atom. The van der Waals surface area contributed by atoms with Crippen molar-refractivity contribution in [2.24, 2.45) is 23.7 Å². The molecule has 3 aliphatic heterocycles. The second-order valence-electron chi connectivity index (χ2n) is 7.32. The van der Waals surface area contributed by atoms with Crippen LogP contribution in [0.15, 0.2) is 49.0 Å². The van der Waals surface area contributed by atoms with Crippen molar-refractivity contribution in [3.05, 3.63) is 49.0 Å². The molecule has 0 N–H and O–H groups in total. The molecule has 0 aromatic rings. The van der Waals surface area contributed by atoms with Crippen LogP contribution in [0.4, 0.5) is 0 Å². The number of hydrogen-bond donors (Lipinski definition) is 0. The molecule has 3 aliphatic rings. The fourth-order valence-electron chi connectivity index (χ4n) is 4.23. The predicted octanol–water partition coefficient (Wildman–Crippen LogP) is 2.48. The Morgan fingerprint density at radius 3 is 1.57 bits per heavy atom. The number of rotatable bonds is 4. The van der Waals surface area contributed by atoms with E-state index in [0.717, 1.165) is 0 Å². The molecule has 1 saturated heterocycles. The molecule has 3 rings (SSSR count). The van der Waals surface area contributed by atoms with E-state index in [1.807, 2.05) is 0 Å². The largest absolute Gasteiger partial charge is 0.471 e. The average Bonchev–Trinajstić information content (AvgIpc) is 2.76. The number of cyclic esters (lactones) is 2. The first-order valence-electron chi connectivity index (χ1n) is 9.91. The fraction of sp³-hybridized carbons (Fsp3) is 0.545. The van der Waals surface area contributed by atoms with Crippen molar-refractivity contribution in [3.8, 4) is 0 Å².